The lowest BCUT2D eigenvalue weighted by Gasteiger charge is -2.34. The highest BCUT2D eigenvalue weighted by atomic mass is 16.5. The Morgan fingerprint density at radius 3 is 2.70 bits per heavy atom. The molecule has 0 bridgehead atoms. The molecule has 0 radical (unpaired) electrons. The standard InChI is InChI=1S/C19H23NO3/c1-13-7-17(19(21)22)12-20(10-13)11-14-3-4-16-9-18(23-2)6-5-15(16)8-14/h3-6,8-9,13,17H,7,10-12H2,1-2H3,(H,21,22). The van der Waals surface area contributed by atoms with Gasteiger partial charge in [0, 0.05) is 19.6 Å². The van der Waals surface area contributed by atoms with E-state index < -0.39 is 5.97 Å². The van der Waals surface area contributed by atoms with E-state index in [0.717, 1.165) is 30.6 Å². The summed E-state index contributed by atoms with van der Waals surface area (Å²) in [6.07, 6.45) is 0.781. The summed E-state index contributed by atoms with van der Waals surface area (Å²) in [5.41, 5.74) is 1.22. The number of methoxy groups -OCH3 is 1. The Labute approximate surface area is 136 Å². The predicted octanol–water partition coefficient (Wildman–Crippen LogP) is 3.39. The van der Waals surface area contributed by atoms with E-state index >= 15 is 0 Å². The SMILES string of the molecule is COc1ccc2cc(CN3CC(C)CC(C(=O)O)C3)ccc2c1. The molecule has 0 aromatic heterocycles. The molecule has 1 aliphatic rings. The van der Waals surface area contributed by atoms with Gasteiger partial charge in [-0.1, -0.05) is 25.1 Å². The summed E-state index contributed by atoms with van der Waals surface area (Å²) in [7, 11) is 1.67. The van der Waals surface area contributed by atoms with Crippen LogP contribution in [-0.4, -0.2) is 36.2 Å². The molecular formula is C19H23NO3. The van der Waals surface area contributed by atoms with Crippen molar-refractivity contribution in [2.75, 3.05) is 20.2 Å². The summed E-state index contributed by atoms with van der Waals surface area (Å²) in [5.74, 6) is 0.365. The molecule has 0 saturated carbocycles. The Bertz CT molecular complexity index is 713. The lowest BCUT2D eigenvalue weighted by molar-refractivity contribution is -0.144. The average molecular weight is 313 g/mol. The van der Waals surface area contributed by atoms with Crippen LogP contribution in [-0.2, 0) is 11.3 Å². The normalized spacial score (nSPS) is 22.2. The van der Waals surface area contributed by atoms with Crippen LogP contribution in [0.1, 0.15) is 18.9 Å². The third-order valence-corrected chi connectivity index (χ3v) is 4.60. The Morgan fingerprint density at radius 2 is 1.96 bits per heavy atom. The number of hydrogen-bond acceptors (Lipinski definition) is 3. The topological polar surface area (TPSA) is 49.8 Å². The maximum atomic E-state index is 11.3. The van der Waals surface area contributed by atoms with Gasteiger partial charge in [0.25, 0.3) is 0 Å². The molecule has 2 unspecified atom stereocenters. The molecule has 0 aliphatic carbocycles. The van der Waals surface area contributed by atoms with Crippen LogP contribution in [0.25, 0.3) is 10.8 Å². The number of likely N-dealkylation sites (tertiary alicyclic amines) is 1. The number of carbonyl (C=O) groups is 1. The van der Waals surface area contributed by atoms with Crippen LogP contribution in [0.2, 0.25) is 0 Å². The third-order valence-electron chi connectivity index (χ3n) is 4.60. The number of piperidine rings is 1. The molecule has 0 amide bonds. The first kappa shape index (κ1) is 15.8. The number of aliphatic carboxylic acids is 1. The molecule has 122 valence electrons. The molecule has 1 aliphatic heterocycles. The second-order valence-electron chi connectivity index (χ2n) is 6.62. The highest BCUT2D eigenvalue weighted by Gasteiger charge is 2.29. The van der Waals surface area contributed by atoms with Gasteiger partial charge in [-0.15, -0.1) is 0 Å². The molecule has 1 fully saturated rings. The number of nitrogens with zero attached hydrogens (tertiary/aromatic N) is 1. The smallest absolute Gasteiger partial charge is 0.307 e. The maximum absolute atomic E-state index is 11.3. The Kier molecular flexibility index (Phi) is 4.53. The van der Waals surface area contributed by atoms with E-state index in [1.165, 1.54) is 10.9 Å². The van der Waals surface area contributed by atoms with Crippen molar-refractivity contribution in [3.8, 4) is 5.75 Å². The van der Waals surface area contributed by atoms with Gasteiger partial charge < -0.3 is 9.84 Å². The number of carboxylic acids is 1. The Balaban J connectivity index is 1.76. The van der Waals surface area contributed by atoms with Crippen LogP contribution in [0, 0.1) is 11.8 Å². The van der Waals surface area contributed by atoms with E-state index in [0.29, 0.717) is 12.5 Å². The minimum absolute atomic E-state index is 0.247. The summed E-state index contributed by atoms with van der Waals surface area (Å²) < 4.78 is 5.26. The largest absolute Gasteiger partial charge is 0.497 e. The molecule has 1 saturated heterocycles. The zero-order valence-electron chi connectivity index (χ0n) is 13.7. The summed E-state index contributed by atoms with van der Waals surface area (Å²) >= 11 is 0. The Morgan fingerprint density at radius 1 is 1.22 bits per heavy atom. The van der Waals surface area contributed by atoms with E-state index in [-0.39, 0.29) is 5.92 Å². The van der Waals surface area contributed by atoms with Crippen LogP contribution < -0.4 is 4.74 Å². The molecule has 4 heteroatoms. The summed E-state index contributed by atoms with van der Waals surface area (Å²) in [6.45, 7) is 4.54. The van der Waals surface area contributed by atoms with E-state index in [1.807, 2.05) is 12.1 Å². The number of fused-ring (bicyclic) bond motifs is 1. The monoisotopic (exact) mass is 313 g/mol. The van der Waals surface area contributed by atoms with Crippen molar-refractivity contribution in [2.24, 2.45) is 11.8 Å². The molecular weight excluding hydrogens is 290 g/mol. The first-order chi connectivity index (χ1) is 11.0. The molecule has 1 heterocycles. The first-order valence-corrected chi connectivity index (χ1v) is 8.07. The van der Waals surface area contributed by atoms with Crippen molar-refractivity contribution in [3.05, 3.63) is 42.0 Å². The van der Waals surface area contributed by atoms with Crippen LogP contribution in [0.4, 0.5) is 0 Å². The Hall–Kier alpha value is -2.07. The van der Waals surface area contributed by atoms with Crippen molar-refractivity contribution >= 4 is 16.7 Å². The van der Waals surface area contributed by atoms with Crippen molar-refractivity contribution in [1.82, 2.24) is 4.90 Å². The lowest BCUT2D eigenvalue weighted by Crippen LogP contribution is -2.41. The van der Waals surface area contributed by atoms with Crippen molar-refractivity contribution in [3.63, 3.8) is 0 Å². The predicted molar refractivity (Wildman–Crippen MR) is 90.7 cm³/mol. The van der Waals surface area contributed by atoms with Crippen LogP contribution in [0.5, 0.6) is 5.75 Å². The number of hydrogen-bond donors (Lipinski definition) is 1. The molecule has 0 spiro atoms. The average Bonchev–Trinajstić information content (AvgIpc) is 2.53. The van der Waals surface area contributed by atoms with Gasteiger partial charge in [-0.3, -0.25) is 9.69 Å². The van der Waals surface area contributed by atoms with Gasteiger partial charge in [0.15, 0.2) is 0 Å². The van der Waals surface area contributed by atoms with Gasteiger partial charge in [0.05, 0.1) is 13.0 Å². The molecule has 3 rings (SSSR count). The number of benzene rings is 2. The van der Waals surface area contributed by atoms with Crippen molar-refractivity contribution < 1.29 is 14.6 Å². The van der Waals surface area contributed by atoms with Crippen LogP contribution in [0.3, 0.4) is 0 Å². The zero-order chi connectivity index (χ0) is 16.4. The number of rotatable bonds is 4. The third kappa shape index (κ3) is 3.64. The molecule has 2 aromatic rings. The summed E-state index contributed by atoms with van der Waals surface area (Å²) in [4.78, 5) is 13.6. The minimum atomic E-state index is -0.674. The van der Waals surface area contributed by atoms with Crippen molar-refractivity contribution in [1.29, 1.82) is 0 Å². The van der Waals surface area contributed by atoms with Crippen molar-refractivity contribution in [2.45, 2.75) is 19.9 Å². The van der Waals surface area contributed by atoms with E-state index in [1.54, 1.807) is 7.11 Å². The fourth-order valence-electron chi connectivity index (χ4n) is 3.53. The highest BCUT2D eigenvalue weighted by Crippen LogP contribution is 2.25. The fraction of sp³-hybridized carbons (Fsp3) is 0.421. The molecule has 2 atom stereocenters. The van der Waals surface area contributed by atoms with E-state index in [2.05, 4.69) is 36.1 Å². The lowest BCUT2D eigenvalue weighted by atomic mass is 9.90. The molecule has 1 N–H and O–H groups in total. The van der Waals surface area contributed by atoms with Gasteiger partial charge in [-0.2, -0.15) is 0 Å². The molecule has 2 aromatic carbocycles. The van der Waals surface area contributed by atoms with E-state index in [9.17, 15) is 9.90 Å². The van der Waals surface area contributed by atoms with Gasteiger partial charge >= 0.3 is 5.97 Å². The first-order valence-electron chi connectivity index (χ1n) is 8.07. The van der Waals surface area contributed by atoms with Crippen LogP contribution >= 0.6 is 0 Å². The summed E-state index contributed by atoms with van der Waals surface area (Å²) in [5, 5.41) is 11.6. The highest BCUT2D eigenvalue weighted by molar-refractivity contribution is 5.84. The van der Waals surface area contributed by atoms with Gasteiger partial charge in [-0.05, 0) is 46.9 Å². The quantitative estimate of drug-likeness (QED) is 0.940. The van der Waals surface area contributed by atoms with Crippen LogP contribution in [0.15, 0.2) is 36.4 Å². The maximum Gasteiger partial charge on any atom is 0.307 e. The van der Waals surface area contributed by atoms with Gasteiger partial charge in [-0.25, -0.2) is 0 Å². The molecule has 23 heavy (non-hydrogen) atoms. The van der Waals surface area contributed by atoms with Gasteiger partial charge in [0.2, 0.25) is 0 Å². The number of ether oxygens (including phenoxy) is 1. The zero-order valence-corrected chi connectivity index (χ0v) is 13.7. The summed E-state index contributed by atoms with van der Waals surface area (Å²) in [6, 6.07) is 12.5. The second-order valence-corrected chi connectivity index (χ2v) is 6.62. The molecule has 4 nitrogen and oxygen atoms in total. The second kappa shape index (κ2) is 6.59. The number of carboxylic acid groups (broad SMARTS) is 1. The van der Waals surface area contributed by atoms with Gasteiger partial charge in [0.1, 0.15) is 5.75 Å². The fourth-order valence-corrected chi connectivity index (χ4v) is 3.53. The minimum Gasteiger partial charge on any atom is -0.497 e. The van der Waals surface area contributed by atoms with E-state index in [4.69, 9.17) is 4.74 Å².